The summed E-state index contributed by atoms with van der Waals surface area (Å²) >= 11 is 0. The maximum absolute atomic E-state index is 13.0. The van der Waals surface area contributed by atoms with Crippen LogP contribution in [0.5, 0.6) is 0 Å². The fourth-order valence-corrected chi connectivity index (χ4v) is 7.54. The second-order valence-electron chi connectivity index (χ2n) is 5.73. The minimum Gasteiger partial charge on any atom is -0.393 e. The molecule has 0 saturated carbocycles. The maximum atomic E-state index is 13.0. The van der Waals surface area contributed by atoms with Crippen molar-refractivity contribution >= 4 is 15.7 Å². The fourth-order valence-electron chi connectivity index (χ4n) is 1.66. The first-order chi connectivity index (χ1) is 8.58. The summed E-state index contributed by atoms with van der Waals surface area (Å²) in [7, 11) is -5.10. The summed E-state index contributed by atoms with van der Waals surface area (Å²) < 4.78 is 23.9. The lowest BCUT2D eigenvalue weighted by Gasteiger charge is -2.29. The summed E-state index contributed by atoms with van der Waals surface area (Å²) in [6.07, 6.45) is 1.41. The highest BCUT2D eigenvalue weighted by molar-refractivity contribution is 7.62. The molecule has 114 valence electrons. The quantitative estimate of drug-likeness (QED) is 0.543. The van der Waals surface area contributed by atoms with Gasteiger partial charge in [-0.3, -0.25) is 4.57 Å². The summed E-state index contributed by atoms with van der Waals surface area (Å²) in [6, 6.07) is 0. The summed E-state index contributed by atoms with van der Waals surface area (Å²) in [4.78, 5) is 0.775. The van der Waals surface area contributed by atoms with Crippen molar-refractivity contribution in [2.45, 2.75) is 53.4 Å². The van der Waals surface area contributed by atoms with Crippen LogP contribution in [0.3, 0.4) is 0 Å². The van der Waals surface area contributed by atoms with E-state index < -0.39 is 21.8 Å². The van der Waals surface area contributed by atoms with Gasteiger partial charge in [0, 0.05) is 10.9 Å². The van der Waals surface area contributed by atoms with Gasteiger partial charge in [0.15, 0.2) is 0 Å². The highest BCUT2D eigenvalue weighted by Crippen LogP contribution is 2.59. The predicted octanol–water partition coefficient (Wildman–Crippen LogP) is 4.03. The van der Waals surface area contributed by atoms with Crippen molar-refractivity contribution in [2.24, 2.45) is 5.92 Å². The Balaban J connectivity index is 5.64. The molecule has 2 atom stereocenters. The zero-order valence-corrected chi connectivity index (χ0v) is 15.2. The van der Waals surface area contributed by atoms with E-state index in [-0.39, 0.29) is 5.92 Å². The standard InChI is InChI=1S/C13H29O4PSi/c1-8-16-18(15,17-9-2)13(19(5,6)7)10-11(3)12(4)14/h10-12,14H,8-9H2,1-7H3/b13-10+. The van der Waals surface area contributed by atoms with Gasteiger partial charge in [0.25, 0.3) is 0 Å². The molecule has 19 heavy (non-hydrogen) atoms. The molecule has 0 heterocycles. The summed E-state index contributed by atoms with van der Waals surface area (Å²) in [5.41, 5.74) is 0. The van der Waals surface area contributed by atoms with Crippen molar-refractivity contribution in [1.29, 1.82) is 0 Å². The first kappa shape index (κ1) is 19.1. The molecular weight excluding hydrogens is 279 g/mol. The van der Waals surface area contributed by atoms with Crippen molar-refractivity contribution < 1.29 is 18.7 Å². The Morgan fingerprint density at radius 1 is 1.21 bits per heavy atom. The molecule has 0 amide bonds. The third kappa shape index (κ3) is 5.92. The second kappa shape index (κ2) is 7.74. The molecule has 0 spiro atoms. The molecule has 1 N–H and O–H groups in total. The molecule has 0 aliphatic carbocycles. The Morgan fingerprint density at radius 2 is 1.63 bits per heavy atom. The lowest BCUT2D eigenvalue weighted by Crippen LogP contribution is -2.27. The summed E-state index contributed by atoms with van der Waals surface area (Å²) in [5, 5.41) is 9.66. The van der Waals surface area contributed by atoms with Crippen LogP contribution in [0.1, 0.15) is 27.7 Å². The predicted molar refractivity (Wildman–Crippen MR) is 83.1 cm³/mol. The number of aliphatic hydroxyl groups excluding tert-OH is 1. The van der Waals surface area contributed by atoms with Gasteiger partial charge in [-0.05, 0) is 20.8 Å². The highest BCUT2D eigenvalue weighted by Gasteiger charge is 2.38. The maximum Gasteiger partial charge on any atom is 0.353 e. The fraction of sp³-hybridized carbons (Fsp3) is 0.846. The van der Waals surface area contributed by atoms with Gasteiger partial charge in [0.1, 0.15) is 0 Å². The van der Waals surface area contributed by atoms with Crippen LogP contribution in [0.15, 0.2) is 11.0 Å². The van der Waals surface area contributed by atoms with Crippen molar-refractivity contribution in [3.63, 3.8) is 0 Å². The van der Waals surface area contributed by atoms with Crippen LogP contribution in [0.25, 0.3) is 0 Å². The normalized spacial score (nSPS) is 17.4. The van der Waals surface area contributed by atoms with Gasteiger partial charge in [-0.2, -0.15) is 0 Å². The van der Waals surface area contributed by atoms with Gasteiger partial charge in [-0.1, -0.05) is 32.6 Å². The molecule has 0 saturated heterocycles. The van der Waals surface area contributed by atoms with E-state index in [1.165, 1.54) is 0 Å². The molecule has 0 rings (SSSR count). The number of rotatable bonds is 8. The summed E-state index contributed by atoms with van der Waals surface area (Å²) in [5.74, 6) is -0.0732. The minimum atomic E-state index is -3.23. The van der Waals surface area contributed by atoms with Crippen LogP contribution < -0.4 is 0 Å². The van der Waals surface area contributed by atoms with E-state index in [0.29, 0.717) is 13.2 Å². The molecule has 4 nitrogen and oxygen atoms in total. The number of hydrogen-bond donors (Lipinski definition) is 1. The molecular formula is C13H29O4PSi. The Kier molecular flexibility index (Phi) is 7.77. The van der Waals surface area contributed by atoms with E-state index in [1.807, 2.05) is 26.8 Å². The Hall–Kier alpha value is 0.0669. The van der Waals surface area contributed by atoms with E-state index in [2.05, 4.69) is 19.6 Å². The summed E-state index contributed by atoms with van der Waals surface area (Å²) in [6.45, 7) is 14.3. The smallest absolute Gasteiger partial charge is 0.353 e. The molecule has 0 fully saturated rings. The largest absolute Gasteiger partial charge is 0.393 e. The monoisotopic (exact) mass is 308 g/mol. The van der Waals surface area contributed by atoms with Crippen LogP contribution in [0, 0.1) is 5.92 Å². The Bertz CT molecular complexity index is 337. The van der Waals surface area contributed by atoms with Gasteiger partial charge in [-0.25, -0.2) is 0 Å². The highest BCUT2D eigenvalue weighted by atomic mass is 31.2. The van der Waals surface area contributed by atoms with Crippen LogP contribution in [-0.4, -0.2) is 32.5 Å². The van der Waals surface area contributed by atoms with Gasteiger partial charge in [-0.15, -0.1) is 0 Å². The Morgan fingerprint density at radius 3 is 1.89 bits per heavy atom. The van der Waals surface area contributed by atoms with Crippen molar-refractivity contribution in [3.8, 4) is 0 Å². The molecule has 0 aliphatic rings. The average Bonchev–Trinajstić information content (AvgIpc) is 2.24. The molecule has 0 aromatic heterocycles. The first-order valence-corrected chi connectivity index (χ1v) is 11.9. The number of hydrogen-bond acceptors (Lipinski definition) is 4. The van der Waals surface area contributed by atoms with Crippen LogP contribution in [-0.2, 0) is 13.6 Å². The van der Waals surface area contributed by atoms with E-state index in [0.717, 1.165) is 4.94 Å². The van der Waals surface area contributed by atoms with Crippen LogP contribution in [0.2, 0.25) is 19.6 Å². The SMILES string of the molecule is CCOP(=O)(OCC)/C(=C\C(C)C(C)O)[Si](C)(C)C. The molecule has 0 aromatic rings. The van der Waals surface area contributed by atoms with E-state index in [1.54, 1.807) is 6.92 Å². The zero-order chi connectivity index (χ0) is 15.3. The van der Waals surface area contributed by atoms with Crippen molar-refractivity contribution in [2.75, 3.05) is 13.2 Å². The van der Waals surface area contributed by atoms with E-state index in [9.17, 15) is 9.67 Å². The zero-order valence-electron chi connectivity index (χ0n) is 13.3. The molecule has 0 bridgehead atoms. The third-order valence-electron chi connectivity index (χ3n) is 2.84. The first-order valence-electron chi connectivity index (χ1n) is 6.88. The molecule has 0 radical (unpaired) electrons. The van der Waals surface area contributed by atoms with Crippen molar-refractivity contribution in [1.82, 2.24) is 0 Å². The lowest BCUT2D eigenvalue weighted by molar-refractivity contribution is 0.157. The van der Waals surface area contributed by atoms with Crippen LogP contribution in [0.4, 0.5) is 0 Å². The third-order valence-corrected chi connectivity index (χ3v) is 9.32. The van der Waals surface area contributed by atoms with Gasteiger partial charge in [0.05, 0.1) is 27.4 Å². The van der Waals surface area contributed by atoms with Gasteiger partial charge in [0.2, 0.25) is 0 Å². The van der Waals surface area contributed by atoms with Crippen molar-refractivity contribution in [3.05, 3.63) is 11.0 Å². The van der Waals surface area contributed by atoms with Gasteiger partial charge >= 0.3 is 7.60 Å². The van der Waals surface area contributed by atoms with E-state index >= 15 is 0 Å². The molecule has 6 heteroatoms. The molecule has 0 aliphatic heterocycles. The number of aliphatic hydroxyl groups is 1. The van der Waals surface area contributed by atoms with Gasteiger partial charge < -0.3 is 14.2 Å². The minimum absolute atomic E-state index is 0.0732. The van der Waals surface area contributed by atoms with E-state index in [4.69, 9.17) is 9.05 Å². The topological polar surface area (TPSA) is 55.8 Å². The Labute approximate surface area is 118 Å². The average molecular weight is 308 g/mol. The lowest BCUT2D eigenvalue weighted by atomic mass is 10.1. The molecule has 2 unspecified atom stereocenters. The van der Waals surface area contributed by atoms with Crippen LogP contribution >= 0.6 is 7.60 Å². The second-order valence-corrected chi connectivity index (χ2v) is 13.2. The molecule has 0 aromatic carbocycles.